The third-order valence-corrected chi connectivity index (χ3v) is 3.37. The zero-order valence-corrected chi connectivity index (χ0v) is 12.0. The molecule has 0 bridgehead atoms. The van der Waals surface area contributed by atoms with Gasteiger partial charge >= 0.3 is 0 Å². The zero-order chi connectivity index (χ0) is 14.7. The van der Waals surface area contributed by atoms with Crippen LogP contribution in [0.25, 0.3) is 0 Å². The van der Waals surface area contributed by atoms with Crippen LogP contribution in [0.5, 0.6) is 0 Å². The Morgan fingerprint density at radius 2 is 2.00 bits per heavy atom. The quantitative estimate of drug-likeness (QED) is 0.898. The normalized spacial score (nSPS) is 12.0. The van der Waals surface area contributed by atoms with Gasteiger partial charge in [-0.05, 0) is 49.2 Å². The summed E-state index contributed by atoms with van der Waals surface area (Å²) in [5.41, 5.74) is 1.73. The first-order valence-corrected chi connectivity index (χ1v) is 6.67. The molecule has 0 saturated carbocycles. The minimum Gasteiger partial charge on any atom is -0.346 e. The Morgan fingerprint density at radius 1 is 1.25 bits per heavy atom. The van der Waals surface area contributed by atoms with Crippen molar-refractivity contribution in [2.45, 2.75) is 19.9 Å². The van der Waals surface area contributed by atoms with Gasteiger partial charge in [-0.3, -0.25) is 4.79 Å². The second-order valence-corrected chi connectivity index (χ2v) is 5.15. The van der Waals surface area contributed by atoms with Crippen LogP contribution >= 0.6 is 11.6 Å². The predicted molar refractivity (Wildman–Crippen MR) is 78.5 cm³/mol. The molecule has 0 aliphatic heterocycles. The molecule has 2 aromatic carbocycles. The van der Waals surface area contributed by atoms with E-state index in [9.17, 15) is 9.18 Å². The number of rotatable bonds is 3. The van der Waals surface area contributed by atoms with Crippen LogP contribution in [0.15, 0.2) is 42.5 Å². The molecule has 0 radical (unpaired) electrons. The summed E-state index contributed by atoms with van der Waals surface area (Å²) >= 11 is 5.92. The lowest BCUT2D eigenvalue weighted by atomic mass is 10.1. The van der Waals surface area contributed by atoms with E-state index in [1.807, 2.05) is 19.1 Å². The molecule has 0 unspecified atom stereocenters. The molecule has 1 amide bonds. The first-order chi connectivity index (χ1) is 9.47. The number of amides is 1. The number of halogens is 2. The summed E-state index contributed by atoms with van der Waals surface area (Å²) in [5.74, 6) is -0.690. The topological polar surface area (TPSA) is 29.1 Å². The molecule has 20 heavy (non-hydrogen) atoms. The number of nitrogens with one attached hydrogen (secondary N) is 1. The molecule has 0 spiro atoms. The van der Waals surface area contributed by atoms with E-state index in [2.05, 4.69) is 5.32 Å². The minimum absolute atomic E-state index is 0.203. The van der Waals surface area contributed by atoms with Gasteiger partial charge in [-0.1, -0.05) is 29.8 Å². The second kappa shape index (κ2) is 6.06. The molecule has 2 rings (SSSR count). The maximum Gasteiger partial charge on any atom is 0.251 e. The zero-order valence-electron chi connectivity index (χ0n) is 11.3. The van der Waals surface area contributed by atoms with E-state index in [-0.39, 0.29) is 17.8 Å². The number of aryl methyl sites for hydroxylation is 1. The van der Waals surface area contributed by atoms with E-state index in [4.69, 9.17) is 11.6 Å². The van der Waals surface area contributed by atoms with Gasteiger partial charge in [0.1, 0.15) is 5.82 Å². The summed E-state index contributed by atoms with van der Waals surface area (Å²) in [4.78, 5) is 12.1. The summed E-state index contributed by atoms with van der Waals surface area (Å²) in [6, 6.07) is 11.5. The molecular weight excluding hydrogens is 277 g/mol. The van der Waals surface area contributed by atoms with Gasteiger partial charge < -0.3 is 5.32 Å². The lowest BCUT2D eigenvalue weighted by Crippen LogP contribution is -2.26. The fourth-order valence-electron chi connectivity index (χ4n) is 1.87. The number of hydrogen-bond acceptors (Lipinski definition) is 1. The standard InChI is InChI=1S/C16H15ClFNO/c1-10-6-7-13(9-15(10)18)16(20)19-11(2)12-4-3-5-14(17)8-12/h3-9,11H,1-2H3,(H,19,20)/t11-/m1/s1. The van der Waals surface area contributed by atoms with Gasteiger partial charge in [-0.2, -0.15) is 0 Å². The molecule has 104 valence electrons. The van der Waals surface area contributed by atoms with Crippen molar-refractivity contribution >= 4 is 17.5 Å². The van der Waals surface area contributed by atoms with Crippen LogP contribution in [0, 0.1) is 12.7 Å². The van der Waals surface area contributed by atoms with E-state index in [1.165, 1.54) is 6.07 Å². The highest BCUT2D eigenvalue weighted by Gasteiger charge is 2.12. The monoisotopic (exact) mass is 291 g/mol. The van der Waals surface area contributed by atoms with Gasteiger partial charge in [-0.15, -0.1) is 0 Å². The van der Waals surface area contributed by atoms with Gasteiger partial charge in [0, 0.05) is 10.6 Å². The van der Waals surface area contributed by atoms with Gasteiger partial charge in [-0.25, -0.2) is 4.39 Å². The maximum atomic E-state index is 13.5. The Labute approximate surface area is 122 Å². The third-order valence-electron chi connectivity index (χ3n) is 3.13. The molecule has 1 atom stereocenters. The highest BCUT2D eigenvalue weighted by molar-refractivity contribution is 6.30. The highest BCUT2D eigenvalue weighted by Crippen LogP contribution is 2.18. The molecule has 0 aromatic heterocycles. The van der Waals surface area contributed by atoms with Gasteiger partial charge in [0.05, 0.1) is 6.04 Å². The summed E-state index contributed by atoms with van der Waals surface area (Å²) < 4.78 is 13.5. The van der Waals surface area contributed by atoms with Crippen molar-refractivity contribution in [3.8, 4) is 0 Å². The smallest absolute Gasteiger partial charge is 0.251 e. The lowest BCUT2D eigenvalue weighted by molar-refractivity contribution is 0.0939. The Morgan fingerprint density at radius 3 is 2.65 bits per heavy atom. The van der Waals surface area contributed by atoms with Crippen LogP contribution in [-0.2, 0) is 0 Å². The fraction of sp³-hybridized carbons (Fsp3) is 0.188. The van der Waals surface area contributed by atoms with Gasteiger partial charge in [0.2, 0.25) is 0 Å². The van der Waals surface area contributed by atoms with E-state index in [0.29, 0.717) is 16.1 Å². The summed E-state index contributed by atoms with van der Waals surface area (Å²) in [5, 5.41) is 3.44. The van der Waals surface area contributed by atoms with Crippen molar-refractivity contribution in [3.63, 3.8) is 0 Å². The molecule has 0 heterocycles. The Balaban J connectivity index is 2.13. The summed E-state index contributed by atoms with van der Waals surface area (Å²) in [6.07, 6.45) is 0. The first-order valence-electron chi connectivity index (χ1n) is 6.30. The first kappa shape index (κ1) is 14.5. The highest BCUT2D eigenvalue weighted by atomic mass is 35.5. The SMILES string of the molecule is Cc1ccc(C(=O)N[C@H](C)c2cccc(Cl)c2)cc1F. The Bertz CT molecular complexity index is 642. The average Bonchev–Trinajstić information content (AvgIpc) is 2.41. The Kier molecular flexibility index (Phi) is 4.40. The van der Waals surface area contributed by atoms with E-state index < -0.39 is 0 Å². The van der Waals surface area contributed by atoms with E-state index in [1.54, 1.807) is 31.2 Å². The van der Waals surface area contributed by atoms with Gasteiger partial charge in [0.15, 0.2) is 0 Å². The van der Waals surface area contributed by atoms with Crippen molar-refractivity contribution in [2.24, 2.45) is 0 Å². The van der Waals surface area contributed by atoms with Crippen LogP contribution in [0.2, 0.25) is 5.02 Å². The number of carbonyl (C=O) groups is 1. The molecule has 0 saturated heterocycles. The van der Waals surface area contributed by atoms with Crippen LogP contribution in [0.3, 0.4) is 0 Å². The minimum atomic E-state index is -0.381. The average molecular weight is 292 g/mol. The van der Waals surface area contributed by atoms with Gasteiger partial charge in [0.25, 0.3) is 5.91 Å². The summed E-state index contributed by atoms with van der Waals surface area (Å²) in [6.45, 7) is 3.51. The lowest BCUT2D eigenvalue weighted by Gasteiger charge is -2.15. The van der Waals surface area contributed by atoms with Crippen LogP contribution in [0.1, 0.15) is 34.5 Å². The fourth-order valence-corrected chi connectivity index (χ4v) is 2.07. The molecule has 2 aromatic rings. The predicted octanol–water partition coefficient (Wildman–Crippen LogP) is 4.28. The van der Waals surface area contributed by atoms with Crippen LogP contribution in [-0.4, -0.2) is 5.91 Å². The van der Waals surface area contributed by atoms with Crippen LogP contribution in [0.4, 0.5) is 4.39 Å². The molecule has 0 fully saturated rings. The van der Waals surface area contributed by atoms with E-state index in [0.717, 1.165) is 5.56 Å². The largest absolute Gasteiger partial charge is 0.346 e. The third kappa shape index (κ3) is 3.36. The molecule has 1 N–H and O–H groups in total. The van der Waals surface area contributed by atoms with Crippen LogP contribution < -0.4 is 5.32 Å². The molecular formula is C16H15ClFNO. The Hall–Kier alpha value is -1.87. The number of hydrogen-bond donors (Lipinski definition) is 1. The van der Waals surface area contributed by atoms with E-state index >= 15 is 0 Å². The molecule has 2 nitrogen and oxygen atoms in total. The molecule has 0 aliphatic carbocycles. The van der Waals surface area contributed by atoms with Crippen molar-refractivity contribution in [2.75, 3.05) is 0 Å². The maximum absolute atomic E-state index is 13.5. The van der Waals surface area contributed by atoms with Crippen molar-refractivity contribution in [1.82, 2.24) is 5.32 Å². The van der Waals surface area contributed by atoms with Crippen molar-refractivity contribution in [3.05, 3.63) is 70.0 Å². The molecule has 0 aliphatic rings. The number of benzene rings is 2. The summed E-state index contributed by atoms with van der Waals surface area (Å²) in [7, 11) is 0. The number of carbonyl (C=O) groups excluding carboxylic acids is 1. The second-order valence-electron chi connectivity index (χ2n) is 4.71. The van der Waals surface area contributed by atoms with Crippen molar-refractivity contribution in [1.29, 1.82) is 0 Å². The molecule has 4 heteroatoms. The van der Waals surface area contributed by atoms with Crippen molar-refractivity contribution < 1.29 is 9.18 Å².